The topological polar surface area (TPSA) is 58.2 Å². The van der Waals surface area contributed by atoms with Crippen LogP contribution in [0, 0.1) is 11.6 Å². The van der Waals surface area contributed by atoms with Gasteiger partial charge in [-0.3, -0.25) is 9.59 Å². The molecule has 0 saturated heterocycles. The van der Waals surface area contributed by atoms with Crippen molar-refractivity contribution >= 4 is 29.0 Å². The smallest absolute Gasteiger partial charge is 0.254 e. The van der Waals surface area contributed by atoms with E-state index in [0.717, 1.165) is 23.7 Å². The molecule has 2 aromatic carbocycles. The van der Waals surface area contributed by atoms with Crippen molar-refractivity contribution in [3.05, 3.63) is 87.2 Å². The predicted molar refractivity (Wildman–Crippen MR) is 111 cm³/mol. The lowest BCUT2D eigenvalue weighted by molar-refractivity contribution is -0.116. The van der Waals surface area contributed by atoms with Crippen molar-refractivity contribution in [1.29, 1.82) is 0 Å². The normalized spacial score (nSPS) is 18.8. The lowest BCUT2D eigenvalue weighted by Gasteiger charge is -2.34. The van der Waals surface area contributed by atoms with E-state index in [1.807, 2.05) is 0 Å². The number of ketones is 1. The molecule has 1 aliphatic carbocycles. The number of rotatable bonds is 3. The molecule has 7 heteroatoms. The van der Waals surface area contributed by atoms with Crippen LogP contribution in [0.3, 0.4) is 0 Å². The Balaban J connectivity index is 1.78. The zero-order chi connectivity index (χ0) is 21.4. The lowest BCUT2D eigenvalue weighted by Crippen LogP contribution is -2.35. The van der Waals surface area contributed by atoms with Gasteiger partial charge in [-0.2, -0.15) is 0 Å². The van der Waals surface area contributed by atoms with E-state index in [0.29, 0.717) is 40.8 Å². The van der Waals surface area contributed by atoms with Crippen LogP contribution in [-0.4, -0.2) is 11.7 Å². The van der Waals surface area contributed by atoms with Crippen LogP contribution >= 0.6 is 11.6 Å². The average molecular weight is 429 g/mol. The van der Waals surface area contributed by atoms with Crippen molar-refractivity contribution in [3.63, 3.8) is 0 Å². The molecule has 0 fully saturated rings. The summed E-state index contributed by atoms with van der Waals surface area (Å²) >= 11 is 6.03. The Kier molecular flexibility index (Phi) is 5.43. The predicted octanol–water partition coefficient (Wildman–Crippen LogP) is 5.22. The van der Waals surface area contributed by atoms with Gasteiger partial charge >= 0.3 is 0 Å². The molecule has 1 atom stereocenters. The summed E-state index contributed by atoms with van der Waals surface area (Å²) in [6, 6.07) is 9.92. The minimum Gasteiger partial charge on any atom is -0.362 e. The molecule has 30 heavy (non-hydrogen) atoms. The van der Waals surface area contributed by atoms with Crippen molar-refractivity contribution < 1.29 is 18.4 Å². The number of halogens is 3. The Morgan fingerprint density at radius 3 is 2.57 bits per heavy atom. The molecule has 1 heterocycles. The number of amides is 1. The summed E-state index contributed by atoms with van der Waals surface area (Å²) in [4.78, 5) is 26.0. The maximum Gasteiger partial charge on any atom is 0.254 e. The van der Waals surface area contributed by atoms with Gasteiger partial charge in [0.1, 0.15) is 11.6 Å². The van der Waals surface area contributed by atoms with Crippen LogP contribution in [0.1, 0.15) is 37.7 Å². The van der Waals surface area contributed by atoms with Crippen LogP contribution in [0.15, 0.2) is 65.0 Å². The van der Waals surface area contributed by atoms with E-state index in [-0.39, 0.29) is 11.5 Å². The molecule has 0 saturated carbocycles. The molecule has 2 N–H and O–H groups in total. The molecule has 0 radical (unpaired) electrons. The van der Waals surface area contributed by atoms with Crippen LogP contribution in [0.5, 0.6) is 0 Å². The Labute approximate surface area is 177 Å². The van der Waals surface area contributed by atoms with Crippen molar-refractivity contribution in [2.45, 2.75) is 32.1 Å². The van der Waals surface area contributed by atoms with Crippen LogP contribution in [0.4, 0.5) is 14.5 Å². The second kappa shape index (κ2) is 8.03. The molecule has 2 aromatic rings. The van der Waals surface area contributed by atoms with E-state index in [9.17, 15) is 18.4 Å². The van der Waals surface area contributed by atoms with E-state index in [2.05, 4.69) is 10.6 Å². The van der Waals surface area contributed by atoms with E-state index in [4.69, 9.17) is 11.6 Å². The minimum atomic E-state index is -0.873. The fraction of sp³-hybridized carbons (Fsp3) is 0.217. The summed E-state index contributed by atoms with van der Waals surface area (Å²) in [6.07, 6.45) is 1.86. The zero-order valence-corrected chi connectivity index (χ0v) is 16.9. The van der Waals surface area contributed by atoms with Gasteiger partial charge in [0.05, 0.1) is 5.69 Å². The van der Waals surface area contributed by atoms with Crippen LogP contribution < -0.4 is 10.6 Å². The number of Topliss-reactive ketones (excluding diaryl/α,β-unsaturated/α-hetero) is 1. The van der Waals surface area contributed by atoms with Crippen molar-refractivity contribution in [2.75, 3.05) is 5.32 Å². The fourth-order valence-corrected chi connectivity index (χ4v) is 4.18. The van der Waals surface area contributed by atoms with Crippen LogP contribution in [0.2, 0.25) is 5.02 Å². The maximum atomic E-state index is 14.1. The number of hydrogen-bond donors (Lipinski definition) is 2. The third-order valence-corrected chi connectivity index (χ3v) is 5.66. The second-order valence-corrected chi connectivity index (χ2v) is 7.83. The maximum absolute atomic E-state index is 14.1. The Bertz CT molecular complexity index is 1110. The van der Waals surface area contributed by atoms with Crippen molar-refractivity contribution in [3.8, 4) is 0 Å². The molecule has 154 valence electrons. The quantitative estimate of drug-likeness (QED) is 0.704. The SMILES string of the molecule is CC1=C(C(=O)Nc2ccc(F)cc2F)[C@@H](c2ccc(Cl)cc2)C2=C(CCCC2=O)N1. The van der Waals surface area contributed by atoms with E-state index in [1.54, 1.807) is 31.2 Å². The highest BCUT2D eigenvalue weighted by Gasteiger charge is 2.38. The van der Waals surface area contributed by atoms with E-state index < -0.39 is 23.5 Å². The van der Waals surface area contributed by atoms with Gasteiger partial charge in [0, 0.05) is 46.0 Å². The van der Waals surface area contributed by atoms with Gasteiger partial charge in [0.2, 0.25) is 0 Å². The van der Waals surface area contributed by atoms with Gasteiger partial charge in [-0.05, 0) is 49.6 Å². The van der Waals surface area contributed by atoms with Crippen molar-refractivity contribution in [2.24, 2.45) is 0 Å². The van der Waals surface area contributed by atoms with Gasteiger partial charge in [-0.25, -0.2) is 8.78 Å². The number of anilines is 1. The summed E-state index contributed by atoms with van der Waals surface area (Å²) in [7, 11) is 0. The first-order valence-electron chi connectivity index (χ1n) is 9.61. The summed E-state index contributed by atoms with van der Waals surface area (Å²) < 4.78 is 27.3. The molecule has 1 aliphatic heterocycles. The third kappa shape index (κ3) is 3.75. The molecule has 1 amide bonds. The summed E-state index contributed by atoms with van der Waals surface area (Å²) in [5, 5.41) is 6.26. The number of hydrogen-bond acceptors (Lipinski definition) is 3. The zero-order valence-electron chi connectivity index (χ0n) is 16.2. The first-order valence-corrected chi connectivity index (χ1v) is 9.99. The Hall–Kier alpha value is -2.99. The molecule has 4 rings (SSSR count). The molecule has 2 aliphatic rings. The first kappa shape index (κ1) is 20.3. The Morgan fingerprint density at radius 1 is 1.13 bits per heavy atom. The van der Waals surface area contributed by atoms with Gasteiger partial charge in [0.25, 0.3) is 5.91 Å². The third-order valence-electron chi connectivity index (χ3n) is 5.40. The van der Waals surface area contributed by atoms with E-state index in [1.165, 1.54) is 6.07 Å². The molecule has 0 unspecified atom stereocenters. The number of carbonyl (C=O) groups excluding carboxylic acids is 2. The summed E-state index contributed by atoms with van der Waals surface area (Å²) in [6.45, 7) is 1.75. The molecule has 0 bridgehead atoms. The molecule has 4 nitrogen and oxygen atoms in total. The minimum absolute atomic E-state index is 0.0190. The Morgan fingerprint density at radius 2 is 1.87 bits per heavy atom. The molecular weight excluding hydrogens is 410 g/mol. The standard InChI is InChI=1S/C23H19ClF2N2O2/c1-12-20(23(30)28-17-10-9-15(25)11-16(17)26)21(13-5-7-14(24)8-6-13)22-18(27-12)3-2-4-19(22)29/h5-11,21,27H,2-4H2,1H3,(H,28,30)/t21-/m1/s1. The van der Waals surface area contributed by atoms with Gasteiger partial charge in [0.15, 0.2) is 5.78 Å². The number of dihydropyridines is 1. The number of benzene rings is 2. The monoisotopic (exact) mass is 428 g/mol. The van der Waals surface area contributed by atoms with Crippen LogP contribution in [0.25, 0.3) is 0 Å². The number of carbonyl (C=O) groups is 2. The highest BCUT2D eigenvalue weighted by Crippen LogP contribution is 2.42. The fourth-order valence-electron chi connectivity index (χ4n) is 4.05. The van der Waals surface area contributed by atoms with Gasteiger partial charge in [-0.15, -0.1) is 0 Å². The van der Waals surface area contributed by atoms with Crippen molar-refractivity contribution in [1.82, 2.24) is 5.32 Å². The number of allylic oxidation sites excluding steroid dienone is 3. The average Bonchev–Trinajstić information content (AvgIpc) is 2.70. The largest absolute Gasteiger partial charge is 0.362 e. The van der Waals surface area contributed by atoms with E-state index >= 15 is 0 Å². The van der Waals surface area contributed by atoms with Crippen LogP contribution in [-0.2, 0) is 9.59 Å². The highest BCUT2D eigenvalue weighted by atomic mass is 35.5. The molecule has 0 spiro atoms. The van der Waals surface area contributed by atoms with Gasteiger partial charge < -0.3 is 10.6 Å². The molecular formula is C23H19ClF2N2O2. The lowest BCUT2D eigenvalue weighted by atomic mass is 9.75. The van der Waals surface area contributed by atoms with Gasteiger partial charge in [-0.1, -0.05) is 23.7 Å². The second-order valence-electron chi connectivity index (χ2n) is 7.40. The number of nitrogens with one attached hydrogen (secondary N) is 2. The highest BCUT2D eigenvalue weighted by molar-refractivity contribution is 6.30. The summed E-state index contributed by atoms with van der Waals surface area (Å²) in [5.41, 5.74) is 2.88. The molecule has 0 aromatic heterocycles. The first-order chi connectivity index (χ1) is 14.3. The summed E-state index contributed by atoms with van der Waals surface area (Å²) in [5.74, 6) is -2.79.